The van der Waals surface area contributed by atoms with Crippen molar-refractivity contribution in [1.29, 1.82) is 0 Å². The lowest BCUT2D eigenvalue weighted by atomic mass is 10.1. The van der Waals surface area contributed by atoms with Crippen molar-refractivity contribution in [3.8, 4) is 0 Å². The van der Waals surface area contributed by atoms with Crippen molar-refractivity contribution in [3.63, 3.8) is 0 Å². The van der Waals surface area contributed by atoms with Gasteiger partial charge in [-0.25, -0.2) is 8.42 Å². The third-order valence-electron chi connectivity index (χ3n) is 3.11. The van der Waals surface area contributed by atoms with Crippen LogP contribution in [0.2, 0.25) is 0 Å². The van der Waals surface area contributed by atoms with Gasteiger partial charge >= 0.3 is 0 Å². The molecule has 0 heterocycles. The lowest BCUT2D eigenvalue weighted by molar-refractivity contribution is 0.600. The molecular weight excluding hydrogens is 304 g/mol. The van der Waals surface area contributed by atoms with Gasteiger partial charge in [-0.1, -0.05) is 25.1 Å². The fourth-order valence-corrected chi connectivity index (χ4v) is 4.09. The minimum absolute atomic E-state index is 0.237. The van der Waals surface area contributed by atoms with E-state index in [9.17, 15) is 8.42 Å². The third kappa shape index (κ3) is 3.51. The Kier molecular flexibility index (Phi) is 4.80. The minimum atomic E-state index is -3.65. The predicted octanol–water partition coefficient (Wildman–Crippen LogP) is 3.35. The highest BCUT2D eigenvalue weighted by molar-refractivity contribution is 7.99. The standard InChI is InChI=1S/C15H18N2O2S2/c1-3-11-8-9-12(16)10-15(11)21(18,19)17-13-6-4-5-7-14(13)20-2/h4-10,17H,3,16H2,1-2H3. The average Bonchev–Trinajstić information content (AvgIpc) is 2.47. The molecule has 0 aliphatic heterocycles. The van der Waals surface area contributed by atoms with Gasteiger partial charge in [0, 0.05) is 10.6 Å². The van der Waals surface area contributed by atoms with Gasteiger partial charge in [-0.2, -0.15) is 0 Å². The van der Waals surface area contributed by atoms with Gasteiger partial charge < -0.3 is 5.73 Å². The number of anilines is 2. The highest BCUT2D eigenvalue weighted by Gasteiger charge is 2.19. The molecule has 0 aliphatic carbocycles. The molecule has 0 spiro atoms. The second kappa shape index (κ2) is 6.41. The number of hydrogen-bond donors (Lipinski definition) is 2. The van der Waals surface area contributed by atoms with Gasteiger partial charge in [0.1, 0.15) is 0 Å². The summed E-state index contributed by atoms with van der Waals surface area (Å²) >= 11 is 1.49. The Hall–Kier alpha value is -1.66. The first kappa shape index (κ1) is 15.7. The lowest BCUT2D eigenvalue weighted by Crippen LogP contribution is -2.15. The van der Waals surface area contributed by atoms with E-state index in [-0.39, 0.29) is 4.90 Å². The fraction of sp³-hybridized carbons (Fsp3) is 0.200. The highest BCUT2D eigenvalue weighted by Crippen LogP contribution is 2.28. The Balaban J connectivity index is 2.46. The van der Waals surface area contributed by atoms with Crippen molar-refractivity contribution in [2.45, 2.75) is 23.1 Å². The Morgan fingerprint density at radius 3 is 2.57 bits per heavy atom. The van der Waals surface area contributed by atoms with E-state index < -0.39 is 10.0 Å². The van der Waals surface area contributed by atoms with Crippen LogP contribution < -0.4 is 10.5 Å². The van der Waals surface area contributed by atoms with Gasteiger partial charge in [0.25, 0.3) is 10.0 Å². The molecule has 0 bridgehead atoms. The van der Waals surface area contributed by atoms with Gasteiger partial charge in [-0.3, -0.25) is 4.72 Å². The van der Waals surface area contributed by atoms with E-state index in [1.54, 1.807) is 24.3 Å². The molecule has 4 nitrogen and oxygen atoms in total. The van der Waals surface area contributed by atoms with Crippen molar-refractivity contribution in [2.24, 2.45) is 0 Å². The number of thioether (sulfide) groups is 1. The van der Waals surface area contributed by atoms with Gasteiger partial charge in [0.15, 0.2) is 0 Å². The summed E-state index contributed by atoms with van der Waals surface area (Å²) in [5.41, 5.74) is 7.49. The minimum Gasteiger partial charge on any atom is -0.399 e. The van der Waals surface area contributed by atoms with E-state index in [0.717, 1.165) is 10.5 Å². The van der Waals surface area contributed by atoms with Crippen LogP contribution in [0.25, 0.3) is 0 Å². The van der Waals surface area contributed by atoms with Crippen molar-refractivity contribution >= 4 is 33.2 Å². The van der Waals surface area contributed by atoms with Crippen LogP contribution in [-0.4, -0.2) is 14.7 Å². The second-order valence-electron chi connectivity index (χ2n) is 4.53. The molecule has 21 heavy (non-hydrogen) atoms. The van der Waals surface area contributed by atoms with Crippen molar-refractivity contribution < 1.29 is 8.42 Å². The van der Waals surface area contributed by atoms with Crippen LogP contribution in [0.5, 0.6) is 0 Å². The Morgan fingerprint density at radius 2 is 1.90 bits per heavy atom. The second-order valence-corrected chi connectivity index (χ2v) is 7.03. The Labute approximate surface area is 129 Å². The van der Waals surface area contributed by atoms with Crippen LogP contribution in [0.4, 0.5) is 11.4 Å². The van der Waals surface area contributed by atoms with Gasteiger partial charge in [-0.15, -0.1) is 11.8 Å². The zero-order valence-electron chi connectivity index (χ0n) is 12.0. The number of nitrogens with two attached hydrogens (primary N) is 1. The summed E-state index contributed by atoms with van der Waals surface area (Å²) in [5, 5.41) is 0. The van der Waals surface area contributed by atoms with Crippen LogP contribution in [0, 0.1) is 0 Å². The molecule has 2 aromatic rings. The van der Waals surface area contributed by atoms with Crippen molar-refractivity contribution in [3.05, 3.63) is 48.0 Å². The molecule has 0 amide bonds. The molecule has 3 N–H and O–H groups in total. The molecule has 0 saturated carbocycles. The normalized spacial score (nSPS) is 11.3. The molecule has 0 atom stereocenters. The number of hydrogen-bond acceptors (Lipinski definition) is 4. The summed E-state index contributed by atoms with van der Waals surface area (Å²) in [6.45, 7) is 1.92. The molecule has 0 fully saturated rings. The van der Waals surface area contributed by atoms with Gasteiger partial charge in [0.05, 0.1) is 10.6 Å². The van der Waals surface area contributed by atoms with Crippen molar-refractivity contribution in [1.82, 2.24) is 0 Å². The van der Waals surface area contributed by atoms with E-state index in [1.165, 1.54) is 17.8 Å². The summed E-state index contributed by atoms with van der Waals surface area (Å²) < 4.78 is 27.9. The number of nitrogen functional groups attached to an aromatic ring is 1. The number of sulfonamides is 1. The van der Waals surface area contributed by atoms with E-state index in [1.807, 2.05) is 25.3 Å². The maximum Gasteiger partial charge on any atom is 0.262 e. The van der Waals surface area contributed by atoms with E-state index in [0.29, 0.717) is 17.8 Å². The molecule has 0 saturated heterocycles. The fourth-order valence-electron chi connectivity index (χ4n) is 2.04. The van der Waals surface area contributed by atoms with Gasteiger partial charge in [0.2, 0.25) is 0 Å². The van der Waals surface area contributed by atoms with Crippen LogP contribution in [0.3, 0.4) is 0 Å². The molecule has 112 valence electrons. The van der Waals surface area contributed by atoms with Crippen LogP contribution in [0.15, 0.2) is 52.3 Å². The maximum absolute atomic E-state index is 12.6. The average molecular weight is 322 g/mol. The Morgan fingerprint density at radius 1 is 1.19 bits per heavy atom. The number of benzene rings is 2. The van der Waals surface area contributed by atoms with Crippen LogP contribution in [-0.2, 0) is 16.4 Å². The summed E-state index contributed by atoms with van der Waals surface area (Å²) in [6.07, 6.45) is 2.53. The zero-order chi connectivity index (χ0) is 15.5. The molecule has 0 unspecified atom stereocenters. The molecule has 0 aromatic heterocycles. The molecule has 2 rings (SSSR count). The largest absolute Gasteiger partial charge is 0.399 e. The van der Waals surface area contributed by atoms with E-state index >= 15 is 0 Å². The third-order valence-corrected chi connectivity index (χ3v) is 5.36. The summed E-state index contributed by atoms with van der Waals surface area (Å²) in [4.78, 5) is 1.11. The Bertz CT molecular complexity index is 743. The van der Waals surface area contributed by atoms with E-state index in [2.05, 4.69) is 4.72 Å². The zero-order valence-corrected chi connectivity index (χ0v) is 13.6. The number of para-hydroxylation sites is 1. The molecule has 6 heteroatoms. The SMILES string of the molecule is CCc1ccc(N)cc1S(=O)(=O)Nc1ccccc1SC. The number of nitrogens with one attached hydrogen (secondary N) is 1. The summed E-state index contributed by atoms with van der Waals surface area (Å²) in [7, 11) is -3.65. The molecule has 0 aliphatic rings. The smallest absolute Gasteiger partial charge is 0.262 e. The number of rotatable bonds is 5. The number of aryl methyl sites for hydroxylation is 1. The van der Waals surface area contributed by atoms with Crippen LogP contribution in [0.1, 0.15) is 12.5 Å². The van der Waals surface area contributed by atoms with E-state index in [4.69, 9.17) is 5.73 Å². The first-order chi connectivity index (χ1) is 9.97. The monoisotopic (exact) mass is 322 g/mol. The first-order valence-corrected chi connectivity index (χ1v) is 9.23. The summed E-state index contributed by atoms with van der Waals surface area (Å²) in [6, 6.07) is 12.3. The molecule has 0 radical (unpaired) electrons. The van der Waals surface area contributed by atoms with Crippen molar-refractivity contribution in [2.75, 3.05) is 16.7 Å². The topological polar surface area (TPSA) is 72.2 Å². The summed E-state index contributed by atoms with van der Waals surface area (Å²) in [5.74, 6) is 0. The van der Waals surface area contributed by atoms with Crippen LogP contribution >= 0.6 is 11.8 Å². The highest BCUT2D eigenvalue weighted by atomic mass is 32.2. The van der Waals surface area contributed by atoms with Gasteiger partial charge in [-0.05, 0) is 42.5 Å². The molecule has 2 aromatic carbocycles. The predicted molar refractivity (Wildman–Crippen MR) is 89.3 cm³/mol. The molecular formula is C15H18N2O2S2. The quantitative estimate of drug-likeness (QED) is 0.654. The lowest BCUT2D eigenvalue weighted by Gasteiger charge is -2.14. The first-order valence-electron chi connectivity index (χ1n) is 6.52. The maximum atomic E-state index is 12.6.